The monoisotopic (exact) mass is 638 g/mol. The van der Waals surface area contributed by atoms with E-state index in [1.807, 2.05) is 91.0 Å². The second-order valence-electron chi connectivity index (χ2n) is 11.9. The van der Waals surface area contributed by atoms with Gasteiger partial charge in [-0.1, -0.05) is 103 Å². The number of aryl methyl sites for hydroxylation is 2. The van der Waals surface area contributed by atoms with Crippen LogP contribution in [0.2, 0.25) is 0 Å². The molecule has 8 nitrogen and oxygen atoms in total. The summed E-state index contributed by atoms with van der Waals surface area (Å²) in [7, 11) is -3.80. The summed E-state index contributed by atoms with van der Waals surface area (Å²) >= 11 is 0. The van der Waals surface area contributed by atoms with Crippen LogP contribution < -0.4 is 10.6 Å². The van der Waals surface area contributed by atoms with Crippen molar-refractivity contribution in [3.05, 3.63) is 131 Å². The number of nitrogens with one attached hydrogen (secondary N) is 2. The summed E-state index contributed by atoms with van der Waals surface area (Å²) in [6, 6.07) is 33.2. The smallest absolute Gasteiger partial charge is 0.345 e. The van der Waals surface area contributed by atoms with Crippen LogP contribution in [0, 0.1) is 0 Å². The molecule has 0 saturated heterocycles. The SMILES string of the molecule is O=C(O)CCNC(=O)[C@H](Cc1ccc(-c2ccccc2)cc1)NCP(=O)(OC1CCc2ccccc21)OC1CCc2ccccc21. The fourth-order valence-corrected chi connectivity index (χ4v) is 8.19. The van der Waals surface area contributed by atoms with E-state index in [9.17, 15) is 14.2 Å². The number of carbonyl (C=O) groups is 2. The summed E-state index contributed by atoms with van der Waals surface area (Å²) in [5.41, 5.74) is 7.42. The highest BCUT2D eigenvalue weighted by Crippen LogP contribution is 2.58. The van der Waals surface area contributed by atoms with Gasteiger partial charge in [0.1, 0.15) is 0 Å². The standard InChI is InChI=1S/C37H39N2O6P/c40-36(41)22-23-38-37(42)33(24-26-14-16-28(17-15-26)27-8-2-1-3-9-27)39-25-46(43,44-34-20-18-29-10-4-6-12-31(29)34)45-35-21-19-30-11-5-7-13-32(30)35/h1-17,33-35,39H,18-25H2,(H,38,42)(H,40,41)/t33-,34?,35?,46?/m0/s1. The second kappa shape index (κ2) is 14.6. The van der Waals surface area contributed by atoms with Gasteiger partial charge < -0.3 is 10.4 Å². The van der Waals surface area contributed by atoms with Crippen LogP contribution in [0.25, 0.3) is 11.1 Å². The molecule has 0 spiro atoms. The van der Waals surface area contributed by atoms with Crippen molar-refractivity contribution in [1.29, 1.82) is 0 Å². The molecular formula is C37H39N2O6P. The van der Waals surface area contributed by atoms with Gasteiger partial charge in [-0.25, -0.2) is 0 Å². The molecule has 0 aliphatic heterocycles. The van der Waals surface area contributed by atoms with Crippen LogP contribution in [0.1, 0.15) is 59.3 Å². The number of carboxylic acids is 1. The highest BCUT2D eigenvalue weighted by Gasteiger charge is 2.38. The number of carboxylic acid groups (broad SMARTS) is 1. The fourth-order valence-electron chi connectivity index (χ4n) is 6.34. The van der Waals surface area contributed by atoms with Crippen molar-refractivity contribution in [3.8, 4) is 11.1 Å². The molecule has 0 aromatic heterocycles. The lowest BCUT2D eigenvalue weighted by molar-refractivity contribution is -0.137. The summed E-state index contributed by atoms with van der Waals surface area (Å²) in [6.45, 7) is -0.0122. The fraction of sp³-hybridized carbons (Fsp3) is 0.297. The van der Waals surface area contributed by atoms with E-state index < -0.39 is 19.6 Å². The Hall–Kier alpha value is -4.07. The predicted molar refractivity (Wildman–Crippen MR) is 177 cm³/mol. The minimum Gasteiger partial charge on any atom is -0.481 e. The Morgan fingerprint density at radius 1 is 0.761 bits per heavy atom. The van der Waals surface area contributed by atoms with Crippen LogP contribution in [0.3, 0.4) is 0 Å². The first kappa shape index (κ1) is 31.9. The predicted octanol–water partition coefficient (Wildman–Crippen LogP) is 7.00. The lowest BCUT2D eigenvalue weighted by atomic mass is 10.0. The molecule has 3 atom stereocenters. The summed E-state index contributed by atoms with van der Waals surface area (Å²) < 4.78 is 27.6. The molecule has 0 saturated carbocycles. The summed E-state index contributed by atoms with van der Waals surface area (Å²) in [6.07, 6.45) is 2.21. The first-order valence-electron chi connectivity index (χ1n) is 15.9. The van der Waals surface area contributed by atoms with E-state index >= 15 is 0 Å². The molecule has 9 heteroatoms. The molecule has 4 aromatic rings. The van der Waals surface area contributed by atoms with Crippen molar-refractivity contribution in [1.82, 2.24) is 10.6 Å². The highest BCUT2D eigenvalue weighted by atomic mass is 31.2. The molecule has 2 aliphatic carbocycles. The van der Waals surface area contributed by atoms with Gasteiger partial charge in [0.25, 0.3) is 0 Å². The molecule has 0 bridgehead atoms. The van der Waals surface area contributed by atoms with Crippen LogP contribution in [0.4, 0.5) is 0 Å². The van der Waals surface area contributed by atoms with Gasteiger partial charge in [0.05, 0.1) is 31.0 Å². The Labute approximate surface area is 269 Å². The number of aliphatic carboxylic acids is 1. The topological polar surface area (TPSA) is 114 Å². The van der Waals surface area contributed by atoms with E-state index in [2.05, 4.69) is 22.8 Å². The zero-order valence-electron chi connectivity index (χ0n) is 25.6. The van der Waals surface area contributed by atoms with Crippen LogP contribution in [0.5, 0.6) is 0 Å². The van der Waals surface area contributed by atoms with E-state index in [4.69, 9.17) is 14.2 Å². The molecule has 238 valence electrons. The lowest BCUT2D eigenvalue weighted by Crippen LogP contribution is -2.46. The Morgan fingerprint density at radius 3 is 1.89 bits per heavy atom. The molecule has 4 aromatic carbocycles. The third-order valence-corrected chi connectivity index (χ3v) is 10.4. The zero-order chi connectivity index (χ0) is 31.9. The van der Waals surface area contributed by atoms with Gasteiger partial charge in [-0.15, -0.1) is 0 Å². The summed E-state index contributed by atoms with van der Waals surface area (Å²) in [5.74, 6) is -1.38. The van der Waals surface area contributed by atoms with Crippen molar-refractivity contribution in [2.45, 2.75) is 56.8 Å². The quantitative estimate of drug-likeness (QED) is 0.127. The minimum atomic E-state index is -3.80. The van der Waals surface area contributed by atoms with Crippen molar-refractivity contribution in [3.63, 3.8) is 0 Å². The van der Waals surface area contributed by atoms with Gasteiger partial charge >= 0.3 is 13.6 Å². The van der Waals surface area contributed by atoms with Gasteiger partial charge in [-0.2, -0.15) is 0 Å². The maximum atomic E-state index is 14.7. The molecular weight excluding hydrogens is 599 g/mol. The lowest BCUT2D eigenvalue weighted by Gasteiger charge is -2.28. The maximum absolute atomic E-state index is 14.7. The third kappa shape index (κ3) is 7.83. The Kier molecular flexibility index (Phi) is 10.1. The van der Waals surface area contributed by atoms with Crippen molar-refractivity contribution in [2.75, 3.05) is 12.8 Å². The number of rotatable bonds is 14. The van der Waals surface area contributed by atoms with Gasteiger partial charge in [0.2, 0.25) is 5.91 Å². The third-order valence-electron chi connectivity index (χ3n) is 8.72. The van der Waals surface area contributed by atoms with Gasteiger partial charge in [0.15, 0.2) is 0 Å². The van der Waals surface area contributed by atoms with Crippen LogP contribution in [0.15, 0.2) is 103 Å². The first-order chi connectivity index (χ1) is 22.4. The number of fused-ring (bicyclic) bond motifs is 2. The average molecular weight is 639 g/mol. The van der Waals surface area contributed by atoms with E-state index in [1.165, 1.54) is 11.1 Å². The number of carbonyl (C=O) groups excluding carboxylic acids is 1. The molecule has 0 heterocycles. The molecule has 0 radical (unpaired) electrons. The largest absolute Gasteiger partial charge is 0.481 e. The van der Waals surface area contributed by atoms with Crippen LogP contribution in [-0.4, -0.2) is 35.9 Å². The van der Waals surface area contributed by atoms with E-state index in [1.54, 1.807) is 0 Å². The molecule has 1 amide bonds. The number of hydrogen-bond acceptors (Lipinski definition) is 6. The average Bonchev–Trinajstić information content (AvgIpc) is 3.67. The number of benzene rings is 4. The van der Waals surface area contributed by atoms with Crippen molar-refractivity contribution < 1.29 is 28.3 Å². The van der Waals surface area contributed by atoms with Crippen LogP contribution >= 0.6 is 7.60 Å². The van der Waals surface area contributed by atoms with E-state index in [0.29, 0.717) is 19.3 Å². The van der Waals surface area contributed by atoms with Crippen molar-refractivity contribution in [2.24, 2.45) is 0 Å². The van der Waals surface area contributed by atoms with Gasteiger partial charge in [-0.05, 0) is 71.0 Å². The first-order valence-corrected chi connectivity index (χ1v) is 17.6. The maximum Gasteiger partial charge on any atom is 0.345 e. The Balaban J connectivity index is 1.22. The summed E-state index contributed by atoms with van der Waals surface area (Å²) in [4.78, 5) is 24.5. The van der Waals surface area contributed by atoms with Crippen LogP contribution in [-0.2, 0) is 42.5 Å². The Morgan fingerprint density at radius 2 is 1.30 bits per heavy atom. The van der Waals surface area contributed by atoms with Gasteiger partial charge in [-0.3, -0.25) is 28.5 Å². The highest BCUT2D eigenvalue weighted by molar-refractivity contribution is 7.53. The molecule has 0 fully saturated rings. The van der Waals surface area contributed by atoms with E-state index in [-0.39, 0.29) is 37.4 Å². The van der Waals surface area contributed by atoms with Crippen molar-refractivity contribution >= 4 is 19.5 Å². The molecule has 2 unspecified atom stereocenters. The Bertz CT molecular complexity index is 1650. The number of amides is 1. The zero-order valence-corrected chi connectivity index (χ0v) is 26.5. The van der Waals surface area contributed by atoms with E-state index in [0.717, 1.165) is 40.7 Å². The second-order valence-corrected chi connectivity index (χ2v) is 13.9. The molecule has 2 aliphatic rings. The molecule has 6 rings (SSSR count). The summed E-state index contributed by atoms with van der Waals surface area (Å²) in [5, 5.41) is 15.0. The normalized spacial score (nSPS) is 18.7. The van der Waals surface area contributed by atoms with Gasteiger partial charge in [0, 0.05) is 6.54 Å². The minimum absolute atomic E-state index is 0.0122. The molecule has 3 N–H and O–H groups in total. The number of hydrogen-bond donors (Lipinski definition) is 3. The molecule has 46 heavy (non-hydrogen) atoms.